The molecule has 0 amide bonds. The lowest BCUT2D eigenvalue weighted by Gasteiger charge is -2.59. The molecular weight excluding hydrogens is 568 g/mol. The second-order valence-corrected chi connectivity index (χ2v) is 14.6. The number of phenolic OH excluding ortho intramolecular Hbond substituents is 1. The number of unbranched alkanes of at least 4 members (excludes halogenated alkanes) is 1. The van der Waals surface area contributed by atoms with E-state index in [9.17, 15) is 34.8 Å². The average Bonchev–Trinajstić information content (AvgIpc) is 2.93. The highest BCUT2D eigenvalue weighted by atomic mass is 16.3. The molecule has 0 saturated carbocycles. The molecular formula is C38H46O7. The van der Waals surface area contributed by atoms with Crippen molar-refractivity contribution in [2.45, 2.75) is 99.0 Å². The topological polar surface area (TPSA) is 132 Å². The smallest absolute Gasteiger partial charge is 0.209 e. The summed E-state index contributed by atoms with van der Waals surface area (Å²) in [6.45, 7) is 14.5. The Hall–Kier alpha value is -3.71. The zero-order chi connectivity index (χ0) is 33.4. The van der Waals surface area contributed by atoms with Gasteiger partial charge >= 0.3 is 0 Å². The molecule has 0 radical (unpaired) electrons. The van der Waals surface area contributed by atoms with Gasteiger partial charge in [-0.15, -0.1) is 0 Å². The molecule has 0 fully saturated rings. The van der Waals surface area contributed by atoms with Crippen LogP contribution in [0.15, 0.2) is 53.0 Å². The number of aliphatic hydroxyl groups is 3. The van der Waals surface area contributed by atoms with Gasteiger partial charge in [-0.05, 0) is 72.8 Å². The number of hydrogen-bond donors (Lipinski definition) is 4. The number of benzene rings is 2. The van der Waals surface area contributed by atoms with Crippen LogP contribution in [0.1, 0.15) is 108 Å². The number of rotatable bonds is 7. The number of ketones is 3. The third-order valence-electron chi connectivity index (χ3n) is 10.7. The fraction of sp³-hybridized carbons (Fsp3) is 0.500. The SMILES string of the molecule is CCCCc1ccc(-c2cc(C(C)C)c3c(c2O)C(=O)C2=C(O)[C@@]4(O)C(=O)C(C(C)=O)=C(O)C(C(C)C)[C@@]4(C)C[C@@]2(C)C3)cc1. The monoisotopic (exact) mass is 614 g/mol. The lowest BCUT2D eigenvalue weighted by molar-refractivity contribution is -0.171. The molecule has 240 valence electrons. The zero-order valence-electron chi connectivity index (χ0n) is 27.7. The predicted molar refractivity (Wildman–Crippen MR) is 173 cm³/mol. The number of aryl methyl sites for hydroxylation is 1. The highest BCUT2D eigenvalue weighted by molar-refractivity contribution is 6.25. The summed E-state index contributed by atoms with van der Waals surface area (Å²) in [6.07, 6.45) is 3.44. The number of aromatic hydroxyl groups is 1. The van der Waals surface area contributed by atoms with Crippen LogP contribution in [0.5, 0.6) is 5.75 Å². The Morgan fingerprint density at radius 3 is 2.18 bits per heavy atom. The van der Waals surface area contributed by atoms with Gasteiger partial charge in [0.2, 0.25) is 5.78 Å². The average molecular weight is 615 g/mol. The van der Waals surface area contributed by atoms with Crippen molar-refractivity contribution in [1.29, 1.82) is 0 Å². The summed E-state index contributed by atoms with van der Waals surface area (Å²) in [5.74, 6) is -5.05. The number of hydrogen-bond acceptors (Lipinski definition) is 7. The van der Waals surface area contributed by atoms with E-state index in [1.165, 1.54) is 5.56 Å². The molecule has 7 nitrogen and oxygen atoms in total. The lowest BCUT2D eigenvalue weighted by atomic mass is 9.44. The van der Waals surface area contributed by atoms with E-state index in [4.69, 9.17) is 0 Å². The van der Waals surface area contributed by atoms with Gasteiger partial charge in [-0.3, -0.25) is 14.4 Å². The molecule has 0 saturated heterocycles. The minimum atomic E-state index is -2.63. The molecule has 0 aromatic heterocycles. The normalized spacial score (nSPS) is 28.0. The van der Waals surface area contributed by atoms with E-state index in [1.807, 2.05) is 65.0 Å². The number of carbonyl (C=O) groups excluding carboxylic acids is 3. The first kappa shape index (κ1) is 32.7. The number of fused-ring (bicyclic) bond motifs is 3. The van der Waals surface area contributed by atoms with Crippen LogP contribution in [0, 0.1) is 22.7 Å². The van der Waals surface area contributed by atoms with Gasteiger partial charge in [-0.25, -0.2) is 0 Å². The molecule has 5 rings (SSSR count). The predicted octanol–water partition coefficient (Wildman–Crippen LogP) is 7.48. The maximum Gasteiger partial charge on any atom is 0.209 e. The minimum absolute atomic E-state index is 0.00154. The van der Waals surface area contributed by atoms with Gasteiger partial charge in [0.25, 0.3) is 0 Å². The van der Waals surface area contributed by atoms with E-state index in [-0.39, 0.29) is 47.3 Å². The van der Waals surface area contributed by atoms with Crippen LogP contribution in [-0.4, -0.2) is 43.4 Å². The fourth-order valence-corrected chi connectivity index (χ4v) is 8.79. The third-order valence-corrected chi connectivity index (χ3v) is 10.7. The second-order valence-electron chi connectivity index (χ2n) is 14.6. The van der Waals surface area contributed by atoms with Crippen LogP contribution < -0.4 is 0 Å². The Morgan fingerprint density at radius 1 is 1.02 bits per heavy atom. The van der Waals surface area contributed by atoms with Crippen molar-refractivity contribution in [1.82, 2.24) is 0 Å². The van der Waals surface area contributed by atoms with Crippen molar-refractivity contribution >= 4 is 17.3 Å². The molecule has 3 aliphatic carbocycles. The van der Waals surface area contributed by atoms with Crippen LogP contribution >= 0.6 is 0 Å². The maximum atomic E-state index is 14.6. The Kier molecular flexibility index (Phi) is 7.97. The van der Waals surface area contributed by atoms with Gasteiger partial charge in [-0.2, -0.15) is 0 Å². The Morgan fingerprint density at radius 2 is 1.64 bits per heavy atom. The quantitative estimate of drug-likeness (QED) is 0.238. The van der Waals surface area contributed by atoms with E-state index in [0.717, 1.165) is 37.3 Å². The number of Topliss-reactive ketones (excluding diaryl/α,β-unsaturated/α-hetero) is 3. The van der Waals surface area contributed by atoms with Crippen molar-refractivity contribution in [3.05, 3.63) is 75.3 Å². The van der Waals surface area contributed by atoms with Crippen LogP contribution in [-0.2, 0) is 22.4 Å². The van der Waals surface area contributed by atoms with E-state index in [1.54, 1.807) is 6.92 Å². The van der Waals surface area contributed by atoms with Gasteiger partial charge in [0.15, 0.2) is 17.2 Å². The molecule has 3 aliphatic rings. The van der Waals surface area contributed by atoms with E-state index in [2.05, 4.69) is 6.92 Å². The maximum absolute atomic E-state index is 14.6. The molecule has 2 aromatic rings. The molecule has 0 heterocycles. The van der Waals surface area contributed by atoms with Gasteiger partial charge in [0.1, 0.15) is 22.8 Å². The van der Waals surface area contributed by atoms with Crippen LogP contribution in [0.25, 0.3) is 11.1 Å². The highest BCUT2D eigenvalue weighted by Crippen LogP contribution is 2.65. The van der Waals surface area contributed by atoms with Gasteiger partial charge < -0.3 is 20.4 Å². The molecule has 7 heteroatoms. The Bertz CT molecular complexity index is 1670. The second kappa shape index (κ2) is 11.0. The summed E-state index contributed by atoms with van der Waals surface area (Å²) in [5.41, 5.74) is -1.73. The molecule has 45 heavy (non-hydrogen) atoms. The molecule has 1 unspecified atom stereocenters. The van der Waals surface area contributed by atoms with Crippen LogP contribution in [0.2, 0.25) is 0 Å². The largest absolute Gasteiger partial charge is 0.511 e. The molecule has 0 aliphatic heterocycles. The van der Waals surface area contributed by atoms with Gasteiger partial charge in [0.05, 0.1) is 5.56 Å². The standard InChI is InChI=1S/C38H46O7/c1-9-10-11-22-12-14-23(15-13-22)25-16-24(19(2)3)26-17-36(7)18-37(8)29(20(4)5)32(41)27(21(6)39)34(43)38(37,45)35(44)30(36)33(42)28(26)31(25)40/h12-16,19-20,29,40-41,44-45H,9-11,17-18H2,1-8H3/t29?,36-,37-,38+/m1/s1. The van der Waals surface area contributed by atoms with E-state index >= 15 is 0 Å². The number of allylic oxidation sites excluding steroid dienone is 2. The van der Waals surface area contributed by atoms with Crippen LogP contribution in [0.4, 0.5) is 0 Å². The highest BCUT2D eigenvalue weighted by Gasteiger charge is 2.71. The number of aliphatic hydroxyl groups excluding tert-OH is 2. The Balaban J connectivity index is 1.76. The lowest BCUT2D eigenvalue weighted by Crippen LogP contribution is -2.67. The first-order chi connectivity index (χ1) is 21.0. The Labute approximate surface area is 265 Å². The fourth-order valence-electron chi connectivity index (χ4n) is 8.79. The van der Waals surface area contributed by atoms with Crippen molar-refractivity contribution in [3.63, 3.8) is 0 Å². The van der Waals surface area contributed by atoms with Gasteiger partial charge in [0, 0.05) is 27.9 Å². The van der Waals surface area contributed by atoms with Crippen molar-refractivity contribution < 1.29 is 34.8 Å². The summed E-state index contributed by atoms with van der Waals surface area (Å²) in [6, 6.07) is 9.88. The number of carbonyl (C=O) groups is 3. The first-order valence-corrected chi connectivity index (χ1v) is 16.1. The van der Waals surface area contributed by atoms with E-state index in [0.29, 0.717) is 11.1 Å². The summed E-state index contributed by atoms with van der Waals surface area (Å²) in [5, 5.41) is 47.4. The number of phenols is 1. The summed E-state index contributed by atoms with van der Waals surface area (Å²) in [4.78, 5) is 41.2. The van der Waals surface area contributed by atoms with Crippen molar-refractivity contribution in [2.75, 3.05) is 0 Å². The molecule has 2 aromatic carbocycles. The third kappa shape index (κ3) is 4.52. The summed E-state index contributed by atoms with van der Waals surface area (Å²) in [7, 11) is 0. The van der Waals surface area contributed by atoms with Gasteiger partial charge in [-0.1, -0.05) is 79.2 Å². The summed E-state index contributed by atoms with van der Waals surface area (Å²) < 4.78 is 0. The van der Waals surface area contributed by atoms with Crippen molar-refractivity contribution in [2.24, 2.45) is 22.7 Å². The molecule has 0 spiro atoms. The molecule has 4 N–H and O–H groups in total. The van der Waals surface area contributed by atoms with Crippen molar-refractivity contribution in [3.8, 4) is 16.9 Å². The summed E-state index contributed by atoms with van der Waals surface area (Å²) >= 11 is 0. The molecule has 0 bridgehead atoms. The minimum Gasteiger partial charge on any atom is -0.511 e. The van der Waals surface area contributed by atoms with Crippen LogP contribution in [0.3, 0.4) is 0 Å². The molecule has 4 atom stereocenters. The van der Waals surface area contributed by atoms with E-state index < -0.39 is 51.0 Å². The zero-order valence-corrected chi connectivity index (χ0v) is 27.7. The first-order valence-electron chi connectivity index (χ1n) is 16.1.